The monoisotopic (exact) mass is 415 g/mol. The molecule has 0 bridgehead atoms. The second-order valence-electron chi connectivity index (χ2n) is 6.18. The lowest BCUT2D eigenvalue weighted by atomic mass is 10.2. The molecular weight excluding hydrogens is 386 g/mol. The van der Waals surface area contributed by atoms with Gasteiger partial charge in [0.25, 0.3) is 10.1 Å². The Morgan fingerprint density at radius 3 is 1.86 bits per heavy atom. The molecule has 0 aliphatic rings. The maximum absolute atomic E-state index is 12.3. The van der Waals surface area contributed by atoms with Gasteiger partial charge >= 0.3 is 11.9 Å². The SMILES string of the molecule is CCOC(=O)[C@@H](C)N(CCOS(=O)(=O)c1ccc(C)cc1)[C@@H](C)C(=O)OCC. The Labute approximate surface area is 166 Å². The summed E-state index contributed by atoms with van der Waals surface area (Å²) in [4.78, 5) is 25.8. The third-order valence-electron chi connectivity index (χ3n) is 4.15. The highest BCUT2D eigenvalue weighted by atomic mass is 32.2. The summed E-state index contributed by atoms with van der Waals surface area (Å²) in [6.07, 6.45) is 0. The molecule has 8 nitrogen and oxygen atoms in total. The predicted molar refractivity (Wildman–Crippen MR) is 103 cm³/mol. The van der Waals surface area contributed by atoms with Crippen LogP contribution >= 0.6 is 0 Å². The molecule has 0 aliphatic heterocycles. The third kappa shape index (κ3) is 6.88. The Bertz CT molecular complexity index is 722. The zero-order valence-electron chi connectivity index (χ0n) is 17.0. The van der Waals surface area contributed by atoms with Gasteiger partial charge < -0.3 is 9.47 Å². The van der Waals surface area contributed by atoms with E-state index in [0.717, 1.165) is 5.56 Å². The van der Waals surface area contributed by atoms with Crippen molar-refractivity contribution in [3.8, 4) is 0 Å². The van der Waals surface area contributed by atoms with Crippen LogP contribution in [-0.2, 0) is 33.4 Å². The van der Waals surface area contributed by atoms with Gasteiger partial charge in [0.1, 0.15) is 12.1 Å². The minimum absolute atomic E-state index is 0.0189. The number of rotatable bonds is 11. The average Bonchev–Trinajstić information content (AvgIpc) is 2.65. The van der Waals surface area contributed by atoms with Crippen molar-refractivity contribution in [2.24, 2.45) is 0 Å². The van der Waals surface area contributed by atoms with Crippen molar-refractivity contribution in [3.63, 3.8) is 0 Å². The van der Waals surface area contributed by atoms with Crippen LogP contribution in [0.5, 0.6) is 0 Å². The van der Waals surface area contributed by atoms with Crippen LogP contribution in [0, 0.1) is 6.92 Å². The van der Waals surface area contributed by atoms with Crippen LogP contribution in [0.1, 0.15) is 33.3 Å². The Kier molecular flexibility index (Phi) is 9.57. The summed E-state index contributed by atoms with van der Waals surface area (Å²) in [5, 5.41) is 0. The van der Waals surface area contributed by atoms with Gasteiger partial charge in [-0.05, 0) is 46.8 Å². The Hall–Kier alpha value is -1.97. The number of aryl methyl sites for hydroxylation is 1. The molecule has 1 aromatic rings. The van der Waals surface area contributed by atoms with Crippen molar-refractivity contribution >= 4 is 22.1 Å². The molecule has 0 N–H and O–H groups in total. The molecular formula is C19H29NO7S. The number of ether oxygens (including phenoxy) is 2. The number of hydrogen-bond acceptors (Lipinski definition) is 8. The molecule has 0 radical (unpaired) electrons. The molecule has 28 heavy (non-hydrogen) atoms. The molecule has 158 valence electrons. The van der Waals surface area contributed by atoms with Gasteiger partial charge in [-0.2, -0.15) is 8.42 Å². The second-order valence-corrected chi connectivity index (χ2v) is 7.80. The van der Waals surface area contributed by atoms with Crippen molar-refractivity contribution in [1.82, 2.24) is 4.90 Å². The van der Waals surface area contributed by atoms with E-state index in [1.807, 2.05) is 6.92 Å². The zero-order chi connectivity index (χ0) is 21.3. The molecule has 1 rings (SSSR count). The fourth-order valence-corrected chi connectivity index (χ4v) is 3.44. The molecule has 9 heteroatoms. The average molecular weight is 416 g/mol. The van der Waals surface area contributed by atoms with Gasteiger partial charge in [-0.15, -0.1) is 0 Å². The van der Waals surface area contributed by atoms with E-state index >= 15 is 0 Å². The molecule has 0 saturated heterocycles. The summed E-state index contributed by atoms with van der Waals surface area (Å²) >= 11 is 0. The number of hydrogen-bond donors (Lipinski definition) is 0. The highest BCUT2D eigenvalue weighted by Gasteiger charge is 2.31. The number of benzene rings is 1. The minimum atomic E-state index is -3.94. The van der Waals surface area contributed by atoms with Crippen LogP contribution in [0.4, 0.5) is 0 Å². The van der Waals surface area contributed by atoms with Crippen molar-refractivity contribution in [2.45, 2.75) is 51.6 Å². The first-order valence-corrected chi connectivity index (χ1v) is 10.6. The quantitative estimate of drug-likeness (QED) is 0.399. The van der Waals surface area contributed by atoms with Gasteiger partial charge in [-0.1, -0.05) is 17.7 Å². The largest absolute Gasteiger partial charge is 0.465 e. The number of carbonyl (C=O) groups is 2. The molecule has 0 unspecified atom stereocenters. The van der Waals surface area contributed by atoms with E-state index in [1.54, 1.807) is 39.8 Å². The van der Waals surface area contributed by atoms with E-state index in [4.69, 9.17) is 13.7 Å². The first kappa shape index (κ1) is 24.1. The number of carbonyl (C=O) groups excluding carboxylic acids is 2. The lowest BCUT2D eigenvalue weighted by Crippen LogP contribution is -2.50. The maximum Gasteiger partial charge on any atom is 0.323 e. The smallest absolute Gasteiger partial charge is 0.323 e. The fourth-order valence-electron chi connectivity index (χ4n) is 2.54. The third-order valence-corrected chi connectivity index (χ3v) is 5.47. The van der Waals surface area contributed by atoms with Crippen molar-refractivity contribution in [1.29, 1.82) is 0 Å². The van der Waals surface area contributed by atoms with Gasteiger partial charge in [0.2, 0.25) is 0 Å². The van der Waals surface area contributed by atoms with E-state index in [-0.39, 0.29) is 31.3 Å². The van der Waals surface area contributed by atoms with Crippen molar-refractivity contribution in [2.75, 3.05) is 26.4 Å². The first-order valence-electron chi connectivity index (χ1n) is 9.19. The van der Waals surface area contributed by atoms with Crippen LogP contribution in [-0.4, -0.2) is 63.7 Å². The summed E-state index contributed by atoms with van der Waals surface area (Å²) in [6, 6.07) is 4.73. The van der Waals surface area contributed by atoms with Crippen molar-refractivity contribution in [3.05, 3.63) is 29.8 Å². The predicted octanol–water partition coefficient (Wildman–Crippen LogP) is 1.91. The molecule has 2 atom stereocenters. The van der Waals surface area contributed by atoms with E-state index in [9.17, 15) is 18.0 Å². The lowest BCUT2D eigenvalue weighted by molar-refractivity contribution is -0.156. The fraction of sp³-hybridized carbons (Fsp3) is 0.579. The van der Waals surface area contributed by atoms with Gasteiger partial charge in [0.15, 0.2) is 0 Å². The minimum Gasteiger partial charge on any atom is -0.465 e. The standard InChI is InChI=1S/C19H29NO7S/c1-6-25-18(21)15(4)20(16(5)19(22)26-7-2)12-13-27-28(23,24)17-10-8-14(3)9-11-17/h8-11,15-16H,6-7,12-13H2,1-5H3/t15-,16+. The molecule has 0 spiro atoms. The van der Waals surface area contributed by atoms with E-state index in [2.05, 4.69) is 0 Å². The molecule has 0 aliphatic carbocycles. The van der Waals surface area contributed by atoms with E-state index in [1.165, 1.54) is 17.0 Å². The summed E-state index contributed by atoms with van der Waals surface area (Å²) in [7, 11) is -3.94. The highest BCUT2D eigenvalue weighted by Crippen LogP contribution is 2.15. The topological polar surface area (TPSA) is 99.2 Å². The maximum atomic E-state index is 12.3. The molecule has 0 aromatic heterocycles. The van der Waals surface area contributed by atoms with Crippen LogP contribution in [0.3, 0.4) is 0 Å². The molecule has 0 saturated carbocycles. The van der Waals surface area contributed by atoms with Gasteiger partial charge in [0.05, 0.1) is 24.7 Å². The second kappa shape index (κ2) is 11.1. The summed E-state index contributed by atoms with van der Waals surface area (Å²) in [5.41, 5.74) is 0.927. The molecule has 0 heterocycles. The van der Waals surface area contributed by atoms with Crippen LogP contribution in [0.2, 0.25) is 0 Å². The first-order chi connectivity index (χ1) is 13.1. The Morgan fingerprint density at radius 1 is 0.964 bits per heavy atom. The van der Waals surface area contributed by atoms with Crippen LogP contribution in [0.15, 0.2) is 29.2 Å². The summed E-state index contributed by atoms with van der Waals surface area (Å²) in [5.74, 6) is -1.03. The Morgan fingerprint density at radius 2 is 1.43 bits per heavy atom. The van der Waals surface area contributed by atoms with Gasteiger partial charge in [0, 0.05) is 6.54 Å². The summed E-state index contributed by atoms with van der Waals surface area (Å²) in [6.45, 7) is 8.57. The lowest BCUT2D eigenvalue weighted by Gasteiger charge is -2.31. The van der Waals surface area contributed by atoms with Gasteiger partial charge in [-0.25, -0.2) is 0 Å². The number of nitrogens with zero attached hydrogens (tertiary/aromatic N) is 1. The summed E-state index contributed by atoms with van der Waals surface area (Å²) < 4.78 is 39.7. The number of esters is 2. The van der Waals surface area contributed by atoms with Gasteiger partial charge in [-0.3, -0.25) is 18.7 Å². The molecule has 0 amide bonds. The van der Waals surface area contributed by atoms with E-state index < -0.39 is 34.1 Å². The normalized spacial score (nSPS) is 13.8. The van der Waals surface area contributed by atoms with Crippen molar-refractivity contribution < 1.29 is 31.7 Å². The zero-order valence-corrected chi connectivity index (χ0v) is 17.8. The van der Waals surface area contributed by atoms with Crippen LogP contribution in [0.25, 0.3) is 0 Å². The van der Waals surface area contributed by atoms with Crippen LogP contribution < -0.4 is 0 Å². The molecule has 0 fully saturated rings. The highest BCUT2D eigenvalue weighted by molar-refractivity contribution is 7.86. The molecule has 1 aromatic carbocycles. The Balaban J connectivity index is 2.86. The van der Waals surface area contributed by atoms with E-state index in [0.29, 0.717) is 0 Å².